The molecule has 0 aliphatic carbocycles. The van der Waals surface area contributed by atoms with Crippen LogP contribution in [0.3, 0.4) is 0 Å². The average Bonchev–Trinajstić information content (AvgIpc) is 2.92. The minimum Gasteiger partial charge on any atom is -0.326 e. The first-order valence-corrected chi connectivity index (χ1v) is 7.78. The van der Waals surface area contributed by atoms with Gasteiger partial charge in [0.15, 0.2) is 0 Å². The lowest BCUT2D eigenvalue weighted by atomic mass is 10.1. The number of aryl methyl sites for hydroxylation is 2. The maximum Gasteiger partial charge on any atom is 0.229 e. The van der Waals surface area contributed by atoms with Gasteiger partial charge in [0.05, 0.1) is 5.92 Å². The lowest BCUT2D eigenvalue weighted by Crippen LogP contribution is -2.28. The first-order valence-electron chi connectivity index (χ1n) is 7.78. The number of para-hydroxylation sites is 1. The summed E-state index contributed by atoms with van der Waals surface area (Å²) in [4.78, 5) is 26.5. The number of hydrogen-bond acceptors (Lipinski definition) is 2. The van der Waals surface area contributed by atoms with E-state index in [0.29, 0.717) is 6.54 Å². The highest BCUT2D eigenvalue weighted by atomic mass is 16.2. The Labute approximate surface area is 136 Å². The third-order valence-corrected chi connectivity index (χ3v) is 4.19. The normalized spacial score (nSPS) is 17.4. The van der Waals surface area contributed by atoms with Gasteiger partial charge >= 0.3 is 0 Å². The molecule has 1 fully saturated rings. The molecule has 4 nitrogen and oxygen atoms in total. The molecule has 0 bridgehead atoms. The predicted octanol–water partition coefficient (Wildman–Crippen LogP) is 3.30. The Balaban J connectivity index is 1.74. The molecular weight excluding hydrogens is 288 g/mol. The van der Waals surface area contributed by atoms with Gasteiger partial charge in [0.1, 0.15) is 0 Å². The van der Waals surface area contributed by atoms with Gasteiger partial charge in [-0.2, -0.15) is 0 Å². The van der Waals surface area contributed by atoms with Crippen molar-refractivity contribution in [1.82, 2.24) is 0 Å². The minimum absolute atomic E-state index is 0.00640. The summed E-state index contributed by atoms with van der Waals surface area (Å²) < 4.78 is 0. The second-order valence-corrected chi connectivity index (χ2v) is 6.05. The van der Waals surface area contributed by atoms with Crippen molar-refractivity contribution in [2.45, 2.75) is 20.3 Å². The van der Waals surface area contributed by atoms with Gasteiger partial charge in [0.2, 0.25) is 11.8 Å². The Hall–Kier alpha value is -2.62. The first kappa shape index (κ1) is 15.3. The third-order valence-electron chi connectivity index (χ3n) is 4.19. The molecule has 0 radical (unpaired) electrons. The Kier molecular flexibility index (Phi) is 4.15. The lowest BCUT2D eigenvalue weighted by Gasteiger charge is -2.19. The molecule has 1 heterocycles. The van der Waals surface area contributed by atoms with Gasteiger partial charge in [-0.15, -0.1) is 0 Å². The summed E-state index contributed by atoms with van der Waals surface area (Å²) in [5.74, 6) is -0.410. The third kappa shape index (κ3) is 3.26. The maximum absolute atomic E-state index is 12.4. The van der Waals surface area contributed by atoms with Crippen LogP contribution >= 0.6 is 0 Å². The molecule has 2 aromatic rings. The molecule has 0 saturated carbocycles. The molecule has 0 aromatic heterocycles. The Morgan fingerprint density at radius 3 is 2.61 bits per heavy atom. The van der Waals surface area contributed by atoms with Crippen LogP contribution in [0.15, 0.2) is 48.5 Å². The van der Waals surface area contributed by atoms with E-state index >= 15 is 0 Å². The molecule has 118 valence electrons. The summed E-state index contributed by atoms with van der Waals surface area (Å²) in [5.41, 5.74) is 3.82. The fraction of sp³-hybridized carbons (Fsp3) is 0.263. The number of benzene rings is 2. The fourth-order valence-electron chi connectivity index (χ4n) is 2.89. The minimum atomic E-state index is -0.317. The van der Waals surface area contributed by atoms with Crippen molar-refractivity contribution in [2.24, 2.45) is 5.92 Å². The molecule has 23 heavy (non-hydrogen) atoms. The first-order chi connectivity index (χ1) is 11.0. The number of nitrogens with one attached hydrogen (secondary N) is 1. The quantitative estimate of drug-likeness (QED) is 0.946. The van der Waals surface area contributed by atoms with Crippen LogP contribution in [-0.4, -0.2) is 18.4 Å². The van der Waals surface area contributed by atoms with Crippen molar-refractivity contribution in [3.05, 3.63) is 59.7 Å². The van der Waals surface area contributed by atoms with Crippen LogP contribution in [0.25, 0.3) is 0 Å². The summed E-state index contributed by atoms with van der Waals surface area (Å²) in [6, 6.07) is 15.4. The van der Waals surface area contributed by atoms with Crippen LogP contribution in [0.5, 0.6) is 0 Å². The topological polar surface area (TPSA) is 49.4 Å². The smallest absolute Gasteiger partial charge is 0.229 e. The molecule has 1 unspecified atom stereocenters. The number of anilines is 2. The molecule has 1 aliphatic heterocycles. The van der Waals surface area contributed by atoms with Gasteiger partial charge in [-0.3, -0.25) is 9.59 Å². The van der Waals surface area contributed by atoms with Crippen molar-refractivity contribution in [3.8, 4) is 0 Å². The fourth-order valence-corrected chi connectivity index (χ4v) is 2.89. The van der Waals surface area contributed by atoms with Crippen LogP contribution in [0.2, 0.25) is 0 Å². The Morgan fingerprint density at radius 2 is 1.87 bits per heavy atom. The zero-order valence-corrected chi connectivity index (χ0v) is 13.4. The van der Waals surface area contributed by atoms with Gasteiger partial charge < -0.3 is 10.2 Å². The highest BCUT2D eigenvalue weighted by Crippen LogP contribution is 2.29. The van der Waals surface area contributed by atoms with Crippen molar-refractivity contribution >= 4 is 23.2 Å². The van der Waals surface area contributed by atoms with Gasteiger partial charge in [0.25, 0.3) is 0 Å². The van der Waals surface area contributed by atoms with Gasteiger partial charge in [-0.25, -0.2) is 0 Å². The molecule has 1 aliphatic rings. The van der Waals surface area contributed by atoms with E-state index in [1.165, 1.54) is 0 Å². The molecular formula is C19H20N2O2. The molecule has 1 saturated heterocycles. The number of amides is 2. The average molecular weight is 308 g/mol. The van der Waals surface area contributed by atoms with E-state index in [0.717, 1.165) is 22.5 Å². The van der Waals surface area contributed by atoms with E-state index in [2.05, 4.69) is 5.32 Å². The van der Waals surface area contributed by atoms with Crippen LogP contribution < -0.4 is 10.2 Å². The van der Waals surface area contributed by atoms with Crippen molar-refractivity contribution < 1.29 is 9.59 Å². The molecule has 2 aromatic carbocycles. The van der Waals surface area contributed by atoms with E-state index < -0.39 is 0 Å². The SMILES string of the molecule is Cc1ccc(C)c(N2CC(C(=O)Nc3ccccc3)CC2=O)c1. The van der Waals surface area contributed by atoms with Crippen LogP contribution in [0, 0.1) is 19.8 Å². The standard InChI is InChI=1S/C19H20N2O2/c1-13-8-9-14(2)17(10-13)21-12-15(11-18(21)22)19(23)20-16-6-4-3-5-7-16/h3-10,15H,11-12H2,1-2H3,(H,20,23). The molecule has 1 N–H and O–H groups in total. The van der Waals surface area contributed by atoms with E-state index in [1.54, 1.807) is 4.90 Å². The molecule has 0 spiro atoms. The van der Waals surface area contributed by atoms with Crippen molar-refractivity contribution in [3.63, 3.8) is 0 Å². The predicted molar refractivity (Wildman–Crippen MR) is 91.4 cm³/mol. The number of hydrogen-bond donors (Lipinski definition) is 1. The molecule has 3 rings (SSSR count). The monoisotopic (exact) mass is 308 g/mol. The van der Waals surface area contributed by atoms with E-state index in [9.17, 15) is 9.59 Å². The Morgan fingerprint density at radius 1 is 1.13 bits per heavy atom. The summed E-state index contributed by atoms with van der Waals surface area (Å²) in [6.07, 6.45) is 0.256. The molecule has 2 amide bonds. The summed E-state index contributed by atoms with van der Waals surface area (Å²) in [7, 11) is 0. The maximum atomic E-state index is 12.4. The van der Waals surface area contributed by atoms with Gasteiger partial charge in [-0.1, -0.05) is 30.3 Å². The highest BCUT2D eigenvalue weighted by Gasteiger charge is 2.35. The van der Waals surface area contributed by atoms with Crippen LogP contribution in [-0.2, 0) is 9.59 Å². The Bertz CT molecular complexity index is 740. The second kappa shape index (κ2) is 6.24. The largest absolute Gasteiger partial charge is 0.326 e. The number of nitrogens with zero attached hydrogens (tertiary/aromatic N) is 1. The molecule has 4 heteroatoms. The van der Waals surface area contributed by atoms with E-state index in [4.69, 9.17) is 0 Å². The number of carbonyl (C=O) groups excluding carboxylic acids is 2. The van der Waals surface area contributed by atoms with Crippen LogP contribution in [0.4, 0.5) is 11.4 Å². The second-order valence-electron chi connectivity index (χ2n) is 6.05. The summed E-state index contributed by atoms with van der Waals surface area (Å²) in [5, 5.41) is 2.88. The van der Waals surface area contributed by atoms with Crippen molar-refractivity contribution in [2.75, 3.05) is 16.8 Å². The van der Waals surface area contributed by atoms with Crippen molar-refractivity contribution in [1.29, 1.82) is 0 Å². The van der Waals surface area contributed by atoms with E-state index in [1.807, 2.05) is 62.4 Å². The highest BCUT2D eigenvalue weighted by molar-refractivity contribution is 6.03. The van der Waals surface area contributed by atoms with Crippen LogP contribution in [0.1, 0.15) is 17.5 Å². The number of rotatable bonds is 3. The molecule has 1 atom stereocenters. The summed E-state index contributed by atoms with van der Waals surface area (Å²) in [6.45, 7) is 4.42. The summed E-state index contributed by atoms with van der Waals surface area (Å²) >= 11 is 0. The zero-order valence-electron chi connectivity index (χ0n) is 13.4. The zero-order chi connectivity index (χ0) is 16.4. The lowest BCUT2D eigenvalue weighted by molar-refractivity contribution is -0.122. The van der Waals surface area contributed by atoms with Gasteiger partial charge in [0, 0.05) is 24.3 Å². The number of carbonyl (C=O) groups is 2. The van der Waals surface area contributed by atoms with Gasteiger partial charge in [-0.05, 0) is 43.2 Å². The van der Waals surface area contributed by atoms with E-state index in [-0.39, 0.29) is 24.2 Å².